The molecule has 0 spiro atoms. The Morgan fingerprint density at radius 2 is 1.71 bits per heavy atom. The Balaban J connectivity index is 1.46. The molecule has 0 radical (unpaired) electrons. The summed E-state index contributed by atoms with van der Waals surface area (Å²) < 4.78 is 6.65. The topological polar surface area (TPSA) is 56.6 Å². The maximum atomic E-state index is 13.9. The Hall–Kier alpha value is -2.20. The van der Waals surface area contributed by atoms with Crippen LogP contribution in [0.15, 0.2) is 53.0 Å². The molecule has 2 aromatic carbocycles. The summed E-state index contributed by atoms with van der Waals surface area (Å²) in [5.74, 6) is 0.248. The lowest BCUT2D eigenvalue weighted by Crippen LogP contribution is -2.50. The summed E-state index contributed by atoms with van der Waals surface area (Å²) in [6.45, 7) is 5.47. The van der Waals surface area contributed by atoms with E-state index in [9.17, 15) is 4.79 Å². The van der Waals surface area contributed by atoms with E-state index in [2.05, 4.69) is 43.9 Å². The van der Waals surface area contributed by atoms with Crippen LogP contribution in [0.4, 0.5) is 0 Å². The molecule has 4 rings (SSSR count). The number of carbonyl (C=O) groups excluding carboxylic acids is 1. The molecule has 2 saturated heterocycles. The number of benzene rings is 2. The number of hydrogen-bond donors (Lipinski definition) is 0. The van der Waals surface area contributed by atoms with Gasteiger partial charge in [-0.2, -0.15) is 5.26 Å². The lowest BCUT2D eigenvalue weighted by molar-refractivity contribution is -0.141. The van der Waals surface area contributed by atoms with Crippen molar-refractivity contribution in [1.29, 1.82) is 5.26 Å². The quantitative estimate of drug-likeness (QED) is 0.659. The Bertz CT molecular complexity index is 931. The highest BCUT2D eigenvalue weighted by Crippen LogP contribution is 2.37. The average molecular weight is 482 g/mol. The van der Waals surface area contributed by atoms with Gasteiger partial charge in [0.15, 0.2) is 0 Å². The Kier molecular flexibility index (Phi) is 7.06. The number of halogens is 1. The zero-order valence-electron chi connectivity index (χ0n) is 17.7. The van der Waals surface area contributed by atoms with Gasteiger partial charge < -0.3 is 9.64 Å². The second-order valence-electron chi connectivity index (χ2n) is 8.43. The summed E-state index contributed by atoms with van der Waals surface area (Å²) in [6.07, 6.45) is 2.44. The van der Waals surface area contributed by atoms with E-state index < -0.39 is 5.41 Å². The number of carbonyl (C=O) groups is 1. The summed E-state index contributed by atoms with van der Waals surface area (Å²) in [6, 6.07) is 18.2. The molecular weight excluding hydrogens is 454 g/mol. The van der Waals surface area contributed by atoms with Crippen molar-refractivity contribution in [3.05, 3.63) is 69.7 Å². The molecule has 0 aliphatic carbocycles. The molecule has 2 aliphatic rings. The molecule has 2 fully saturated rings. The van der Waals surface area contributed by atoms with Crippen molar-refractivity contribution in [1.82, 2.24) is 9.80 Å². The third kappa shape index (κ3) is 5.01. The second kappa shape index (κ2) is 9.95. The van der Waals surface area contributed by atoms with E-state index in [1.54, 1.807) is 0 Å². The van der Waals surface area contributed by atoms with Gasteiger partial charge in [-0.1, -0.05) is 40.2 Å². The number of nitriles is 1. The number of hydrogen-bond acceptors (Lipinski definition) is 4. The van der Waals surface area contributed by atoms with Gasteiger partial charge in [-0.25, -0.2) is 0 Å². The van der Waals surface area contributed by atoms with Gasteiger partial charge in [-0.15, -0.1) is 0 Å². The summed E-state index contributed by atoms with van der Waals surface area (Å²) in [5.41, 5.74) is 2.50. The van der Waals surface area contributed by atoms with E-state index in [1.165, 1.54) is 5.56 Å². The van der Waals surface area contributed by atoms with Gasteiger partial charge in [-0.05, 0) is 54.7 Å². The first kappa shape index (κ1) is 22.0. The zero-order chi connectivity index (χ0) is 21.7. The van der Waals surface area contributed by atoms with Crippen molar-refractivity contribution in [3.8, 4) is 6.07 Å². The highest BCUT2D eigenvalue weighted by Gasteiger charge is 2.44. The van der Waals surface area contributed by atoms with Crippen LogP contribution in [0, 0.1) is 11.3 Å². The predicted octanol–water partition coefficient (Wildman–Crippen LogP) is 4.10. The fourth-order valence-electron chi connectivity index (χ4n) is 4.69. The van der Waals surface area contributed by atoms with Gasteiger partial charge in [0.1, 0.15) is 0 Å². The fraction of sp³-hybridized carbons (Fsp3) is 0.440. The fourth-order valence-corrected chi connectivity index (χ4v) is 4.96. The van der Waals surface area contributed by atoms with E-state index in [4.69, 9.17) is 10.00 Å². The SMILES string of the molecule is N#Cc1ccc(CN2CCCN(C(=O)C3(c4ccc(Br)cc4)CCOCC3)CC2)cc1. The molecule has 0 aromatic heterocycles. The maximum Gasteiger partial charge on any atom is 0.233 e. The molecule has 0 atom stereocenters. The van der Waals surface area contributed by atoms with Gasteiger partial charge in [0.05, 0.1) is 17.0 Å². The van der Waals surface area contributed by atoms with Crippen molar-refractivity contribution >= 4 is 21.8 Å². The Labute approximate surface area is 192 Å². The summed E-state index contributed by atoms with van der Waals surface area (Å²) >= 11 is 3.51. The van der Waals surface area contributed by atoms with Crippen LogP contribution in [0.5, 0.6) is 0 Å². The lowest BCUT2D eigenvalue weighted by atomic mass is 9.73. The smallest absolute Gasteiger partial charge is 0.233 e. The first-order valence-electron chi connectivity index (χ1n) is 11.0. The summed E-state index contributed by atoms with van der Waals surface area (Å²) in [7, 11) is 0. The molecule has 0 unspecified atom stereocenters. The van der Waals surface area contributed by atoms with Gasteiger partial charge in [0, 0.05) is 50.4 Å². The first-order chi connectivity index (χ1) is 15.1. The average Bonchev–Trinajstić information content (AvgIpc) is 3.05. The van der Waals surface area contributed by atoms with Crippen molar-refractivity contribution in [2.75, 3.05) is 39.4 Å². The van der Waals surface area contributed by atoms with Gasteiger partial charge >= 0.3 is 0 Å². The van der Waals surface area contributed by atoms with E-state index in [1.807, 2.05) is 36.4 Å². The molecule has 6 heteroatoms. The molecule has 2 heterocycles. The minimum absolute atomic E-state index is 0.248. The standard InChI is InChI=1S/C25H28BrN3O2/c26-23-8-6-22(7-9-23)25(10-16-31-17-11-25)24(30)29-13-1-12-28(14-15-29)19-21-4-2-20(18-27)3-5-21/h2-9H,1,10-17,19H2. The van der Waals surface area contributed by atoms with Crippen LogP contribution in [-0.4, -0.2) is 55.1 Å². The van der Waals surface area contributed by atoms with Crippen molar-refractivity contribution in [3.63, 3.8) is 0 Å². The monoisotopic (exact) mass is 481 g/mol. The Morgan fingerprint density at radius 1 is 1.00 bits per heavy atom. The van der Waals surface area contributed by atoms with Crippen LogP contribution < -0.4 is 0 Å². The summed E-state index contributed by atoms with van der Waals surface area (Å²) in [5, 5.41) is 8.98. The number of nitrogens with zero attached hydrogens (tertiary/aromatic N) is 3. The molecule has 5 nitrogen and oxygen atoms in total. The molecule has 31 heavy (non-hydrogen) atoms. The minimum atomic E-state index is -0.485. The van der Waals surface area contributed by atoms with E-state index in [0.717, 1.165) is 62.0 Å². The first-order valence-corrected chi connectivity index (χ1v) is 11.7. The van der Waals surface area contributed by atoms with E-state index >= 15 is 0 Å². The maximum absolute atomic E-state index is 13.9. The number of ether oxygens (including phenoxy) is 1. The molecule has 2 aliphatic heterocycles. The minimum Gasteiger partial charge on any atom is -0.381 e. The van der Waals surface area contributed by atoms with Crippen LogP contribution in [0.25, 0.3) is 0 Å². The van der Waals surface area contributed by atoms with Crippen LogP contribution >= 0.6 is 15.9 Å². The Morgan fingerprint density at radius 3 is 2.39 bits per heavy atom. The van der Waals surface area contributed by atoms with Crippen LogP contribution in [0.1, 0.15) is 36.0 Å². The van der Waals surface area contributed by atoms with E-state index in [0.29, 0.717) is 18.8 Å². The number of rotatable bonds is 4. The van der Waals surface area contributed by atoms with Crippen LogP contribution in [0.2, 0.25) is 0 Å². The third-order valence-corrected chi connectivity index (χ3v) is 7.05. The van der Waals surface area contributed by atoms with Gasteiger partial charge in [0.2, 0.25) is 5.91 Å². The predicted molar refractivity (Wildman–Crippen MR) is 124 cm³/mol. The molecule has 2 aromatic rings. The van der Waals surface area contributed by atoms with E-state index in [-0.39, 0.29) is 5.91 Å². The van der Waals surface area contributed by atoms with Crippen LogP contribution in [-0.2, 0) is 21.5 Å². The van der Waals surface area contributed by atoms with Crippen molar-refractivity contribution in [2.45, 2.75) is 31.2 Å². The van der Waals surface area contributed by atoms with Crippen molar-refractivity contribution < 1.29 is 9.53 Å². The van der Waals surface area contributed by atoms with Gasteiger partial charge in [-0.3, -0.25) is 9.69 Å². The normalized spacial score (nSPS) is 19.4. The lowest BCUT2D eigenvalue weighted by Gasteiger charge is -2.40. The molecule has 0 bridgehead atoms. The molecular formula is C25H28BrN3O2. The third-order valence-electron chi connectivity index (χ3n) is 6.52. The number of amides is 1. The zero-order valence-corrected chi connectivity index (χ0v) is 19.3. The summed E-state index contributed by atoms with van der Waals surface area (Å²) in [4.78, 5) is 18.3. The molecule has 162 valence electrons. The molecule has 0 saturated carbocycles. The second-order valence-corrected chi connectivity index (χ2v) is 9.35. The molecule has 0 N–H and O–H groups in total. The van der Waals surface area contributed by atoms with Crippen molar-refractivity contribution in [2.24, 2.45) is 0 Å². The highest BCUT2D eigenvalue weighted by molar-refractivity contribution is 9.10. The largest absolute Gasteiger partial charge is 0.381 e. The van der Waals surface area contributed by atoms with Gasteiger partial charge in [0.25, 0.3) is 0 Å². The van der Waals surface area contributed by atoms with Crippen LogP contribution in [0.3, 0.4) is 0 Å². The molecule has 1 amide bonds. The highest BCUT2D eigenvalue weighted by atomic mass is 79.9.